The van der Waals surface area contributed by atoms with Crippen molar-refractivity contribution in [2.45, 2.75) is 46.3 Å². The van der Waals surface area contributed by atoms with Crippen molar-refractivity contribution in [3.63, 3.8) is 0 Å². The van der Waals surface area contributed by atoms with E-state index in [0.717, 1.165) is 5.56 Å². The number of carbonyl (C=O) groups is 1. The van der Waals surface area contributed by atoms with Crippen LogP contribution in [0.25, 0.3) is 22.3 Å². The van der Waals surface area contributed by atoms with Gasteiger partial charge in [-0.15, -0.1) is 0 Å². The van der Waals surface area contributed by atoms with Gasteiger partial charge in [0.25, 0.3) is 0 Å². The largest absolute Gasteiger partial charge is 0.455 e. The van der Waals surface area contributed by atoms with Crippen LogP contribution in [0.1, 0.15) is 34.1 Å². The zero-order valence-electron chi connectivity index (χ0n) is 21.2. The molecule has 2 heterocycles. The van der Waals surface area contributed by atoms with E-state index in [4.69, 9.17) is 25.7 Å². The molecule has 0 aliphatic rings. The number of esters is 1. The summed E-state index contributed by atoms with van der Waals surface area (Å²) in [5.74, 6) is -0.717. The summed E-state index contributed by atoms with van der Waals surface area (Å²) in [5.41, 5.74) is 7.15. The molecule has 0 unspecified atom stereocenters. The fourth-order valence-electron chi connectivity index (χ4n) is 3.83. The fourth-order valence-corrected chi connectivity index (χ4v) is 3.83. The number of fused-ring (bicyclic) bond motifs is 1. The normalized spacial score (nSPS) is 12.4. The molecule has 192 valence electrons. The predicted octanol–water partition coefficient (Wildman–Crippen LogP) is 5.39. The van der Waals surface area contributed by atoms with Crippen molar-refractivity contribution in [3.8, 4) is 22.8 Å². The first-order chi connectivity index (χ1) is 17.6. The van der Waals surface area contributed by atoms with Crippen LogP contribution in [-0.2, 0) is 16.1 Å². The molecule has 0 saturated carbocycles. The zero-order chi connectivity index (χ0) is 26.7. The molecule has 0 saturated heterocycles. The second kappa shape index (κ2) is 10.3. The number of benzene rings is 2. The predicted molar refractivity (Wildman–Crippen MR) is 139 cm³/mol. The Labute approximate surface area is 214 Å². The van der Waals surface area contributed by atoms with Gasteiger partial charge in [-0.1, -0.05) is 19.1 Å². The van der Waals surface area contributed by atoms with Crippen LogP contribution in [0.5, 0.6) is 11.5 Å². The number of para-hydroxylation sites is 1. The number of anilines is 1. The molecule has 3 N–H and O–H groups in total. The minimum Gasteiger partial charge on any atom is -0.455 e. The molecule has 0 spiro atoms. The fraction of sp³-hybridized carbons (Fsp3) is 0.296. The highest BCUT2D eigenvalue weighted by Crippen LogP contribution is 2.33. The van der Waals surface area contributed by atoms with Gasteiger partial charge in [-0.25, -0.2) is 23.8 Å². The molecule has 0 radical (unpaired) electrons. The van der Waals surface area contributed by atoms with Gasteiger partial charge >= 0.3 is 5.97 Å². The molecular formula is C27H29FN6O3. The number of nitrogens with one attached hydrogen (secondary N) is 1. The van der Waals surface area contributed by atoms with Gasteiger partial charge in [0.05, 0.1) is 11.9 Å². The molecule has 0 amide bonds. The highest BCUT2D eigenvalue weighted by molar-refractivity contribution is 6.36. The van der Waals surface area contributed by atoms with Gasteiger partial charge in [-0.3, -0.25) is 5.41 Å². The second-order valence-corrected chi connectivity index (χ2v) is 9.57. The van der Waals surface area contributed by atoms with Crippen LogP contribution >= 0.6 is 0 Å². The van der Waals surface area contributed by atoms with Gasteiger partial charge in [0.1, 0.15) is 34.9 Å². The van der Waals surface area contributed by atoms with E-state index in [1.54, 1.807) is 67.9 Å². The summed E-state index contributed by atoms with van der Waals surface area (Å²) in [4.78, 5) is 21.0. The molecule has 4 rings (SSSR count). The van der Waals surface area contributed by atoms with E-state index in [-0.39, 0.29) is 23.8 Å². The lowest BCUT2D eigenvalue weighted by Gasteiger charge is -2.22. The lowest BCUT2D eigenvalue weighted by Crippen LogP contribution is -2.34. The summed E-state index contributed by atoms with van der Waals surface area (Å²) in [5, 5.41) is 13.7. The minimum absolute atomic E-state index is 0.126. The zero-order valence-corrected chi connectivity index (χ0v) is 21.2. The van der Waals surface area contributed by atoms with Crippen molar-refractivity contribution in [3.05, 3.63) is 60.7 Å². The van der Waals surface area contributed by atoms with Crippen molar-refractivity contribution in [2.24, 2.45) is 5.92 Å². The molecule has 0 fully saturated rings. The molecule has 0 aliphatic carbocycles. The number of rotatable bonds is 8. The summed E-state index contributed by atoms with van der Waals surface area (Å²) in [6.07, 6.45) is 1.88. The summed E-state index contributed by atoms with van der Waals surface area (Å²) in [6.45, 7) is 7.42. The van der Waals surface area contributed by atoms with E-state index in [9.17, 15) is 9.18 Å². The van der Waals surface area contributed by atoms with Crippen LogP contribution < -0.4 is 10.5 Å². The first-order valence-corrected chi connectivity index (χ1v) is 11.9. The van der Waals surface area contributed by atoms with Gasteiger partial charge in [-0.05, 0) is 63.6 Å². The van der Waals surface area contributed by atoms with Crippen LogP contribution in [0.15, 0.2) is 54.9 Å². The Hall–Kier alpha value is -4.34. The molecule has 0 bridgehead atoms. The maximum Gasteiger partial charge on any atom is 0.352 e. The first kappa shape index (κ1) is 25.7. The molecular weight excluding hydrogens is 475 g/mol. The monoisotopic (exact) mass is 504 g/mol. The third kappa shape index (κ3) is 5.74. The topological polar surface area (TPSA) is 129 Å². The van der Waals surface area contributed by atoms with Crippen molar-refractivity contribution in [1.29, 1.82) is 5.41 Å². The number of ether oxygens (including phenoxy) is 2. The Morgan fingerprint density at radius 2 is 1.84 bits per heavy atom. The molecule has 37 heavy (non-hydrogen) atoms. The van der Waals surface area contributed by atoms with Crippen molar-refractivity contribution < 1.29 is 18.7 Å². The molecule has 9 nitrogen and oxygen atoms in total. The lowest BCUT2D eigenvalue weighted by atomic mass is 10.00. The maximum absolute atomic E-state index is 14.0. The quantitative estimate of drug-likeness (QED) is 0.243. The lowest BCUT2D eigenvalue weighted by molar-refractivity contribution is -0.146. The maximum atomic E-state index is 14.0. The third-order valence-corrected chi connectivity index (χ3v) is 5.66. The van der Waals surface area contributed by atoms with E-state index in [0.29, 0.717) is 28.9 Å². The summed E-state index contributed by atoms with van der Waals surface area (Å²) >= 11 is 0. The SMILES string of the molecule is CC[C@@H](Cn1nc(-c2ccc(Oc3ccccc3F)cc2)c2c(N)ncnc21)C(=N)C(=O)OC(C)(C)C. The van der Waals surface area contributed by atoms with E-state index >= 15 is 0 Å². The van der Waals surface area contributed by atoms with E-state index in [2.05, 4.69) is 9.97 Å². The smallest absolute Gasteiger partial charge is 0.352 e. The number of nitrogen functional groups attached to an aromatic ring is 1. The Kier molecular flexibility index (Phi) is 7.19. The molecule has 1 atom stereocenters. The van der Waals surface area contributed by atoms with E-state index in [1.165, 1.54) is 12.4 Å². The van der Waals surface area contributed by atoms with Crippen LogP contribution in [0, 0.1) is 17.1 Å². The number of aromatic nitrogens is 4. The Morgan fingerprint density at radius 1 is 1.14 bits per heavy atom. The first-order valence-electron chi connectivity index (χ1n) is 11.9. The van der Waals surface area contributed by atoms with Crippen molar-refractivity contribution in [2.75, 3.05) is 5.73 Å². The number of nitrogens with two attached hydrogens (primary N) is 1. The second-order valence-electron chi connectivity index (χ2n) is 9.57. The van der Waals surface area contributed by atoms with Crippen LogP contribution in [0.4, 0.5) is 10.2 Å². The minimum atomic E-state index is -0.697. The van der Waals surface area contributed by atoms with Gasteiger partial charge < -0.3 is 15.2 Å². The molecule has 2 aromatic carbocycles. The summed E-state index contributed by atoms with van der Waals surface area (Å²) in [7, 11) is 0. The highest BCUT2D eigenvalue weighted by Gasteiger charge is 2.27. The Morgan fingerprint density at radius 3 is 2.49 bits per heavy atom. The van der Waals surface area contributed by atoms with E-state index in [1.807, 2.05) is 6.92 Å². The molecule has 10 heteroatoms. The number of halogens is 1. The van der Waals surface area contributed by atoms with Crippen molar-refractivity contribution >= 4 is 28.5 Å². The van der Waals surface area contributed by atoms with Crippen LogP contribution in [0.3, 0.4) is 0 Å². The van der Waals surface area contributed by atoms with Gasteiger partial charge in [-0.2, -0.15) is 5.10 Å². The average Bonchev–Trinajstić information content (AvgIpc) is 3.22. The number of hydrogen-bond acceptors (Lipinski definition) is 8. The Balaban J connectivity index is 1.65. The summed E-state index contributed by atoms with van der Waals surface area (Å²) < 4.78 is 26.6. The van der Waals surface area contributed by atoms with Gasteiger partial charge in [0.2, 0.25) is 0 Å². The van der Waals surface area contributed by atoms with Crippen LogP contribution in [-0.4, -0.2) is 37.0 Å². The van der Waals surface area contributed by atoms with E-state index < -0.39 is 23.3 Å². The van der Waals surface area contributed by atoms with Crippen LogP contribution in [0.2, 0.25) is 0 Å². The number of hydrogen-bond donors (Lipinski definition) is 2. The Bertz CT molecular complexity index is 1440. The average molecular weight is 505 g/mol. The van der Waals surface area contributed by atoms with Gasteiger partial charge in [0, 0.05) is 11.5 Å². The number of carbonyl (C=O) groups excluding carboxylic acids is 1. The highest BCUT2D eigenvalue weighted by atomic mass is 19.1. The molecule has 2 aromatic heterocycles. The third-order valence-electron chi connectivity index (χ3n) is 5.66. The molecule has 4 aromatic rings. The van der Waals surface area contributed by atoms with Crippen molar-refractivity contribution in [1.82, 2.24) is 19.7 Å². The molecule has 0 aliphatic heterocycles. The number of nitrogens with zero attached hydrogens (tertiary/aromatic N) is 4. The standard InChI is InChI=1S/C27H29FN6O3/c1-5-16(22(29)26(35)37-27(2,3)4)14-34-25-21(24(30)31-15-32-25)23(33-34)17-10-12-18(13-11-17)36-20-9-7-6-8-19(20)28/h6-13,15-16,29H,5,14H2,1-4H3,(H2,30,31,32)/t16-/m0/s1. The van der Waals surface area contributed by atoms with Gasteiger partial charge in [0.15, 0.2) is 17.2 Å². The summed E-state index contributed by atoms with van der Waals surface area (Å²) in [6, 6.07) is 13.2.